The molecule has 0 radical (unpaired) electrons. The Labute approximate surface area is 119 Å². The van der Waals surface area contributed by atoms with Crippen molar-refractivity contribution < 1.29 is 14.3 Å². The van der Waals surface area contributed by atoms with Gasteiger partial charge in [-0.15, -0.1) is 0 Å². The Morgan fingerprint density at radius 2 is 2.35 bits per heavy atom. The number of amides is 1. The van der Waals surface area contributed by atoms with Gasteiger partial charge in [0.25, 0.3) is 5.91 Å². The van der Waals surface area contributed by atoms with E-state index >= 15 is 0 Å². The lowest BCUT2D eigenvalue weighted by Crippen LogP contribution is -2.62. The number of methoxy groups -OCH3 is 1. The summed E-state index contributed by atoms with van der Waals surface area (Å²) in [5.41, 5.74) is 1.82. The predicted octanol–water partition coefficient (Wildman–Crippen LogP) is 1.77. The summed E-state index contributed by atoms with van der Waals surface area (Å²) < 4.78 is 11.0. The molecule has 1 amide bonds. The Bertz CT molecular complexity index is 502. The smallest absolute Gasteiger partial charge is 0.251 e. The molecule has 0 aromatic heterocycles. The van der Waals surface area contributed by atoms with Crippen molar-refractivity contribution in [3.05, 3.63) is 35.4 Å². The monoisotopic (exact) mass is 275 g/mol. The van der Waals surface area contributed by atoms with Crippen molar-refractivity contribution in [1.82, 2.24) is 5.32 Å². The lowest BCUT2D eigenvalue weighted by Gasteiger charge is -2.47. The molecule has 108 valence electrons. The van der Waals surface area contributed by atoms with Gasteiger partial charge in [-0.25, -0.2) is 0 Å². The van der Waals surface area contributed by atoms with E-state index in [1.54, 1.807) is 7.11 Å². The molecular weight excluding hydrogens is 254 g/mol. The summed E-state index contributed by atoms with van der Waals surface area (Å²) in [7, 11) is 1.70. The van der Waals surface area contributed by atoms with Crippen molar-refractivity contribution >= 4 is 5.91 Å². The Kier molecular flexibility index (Phi) is 3.76. The first kappa shape index (κ1) is 13.6. The van der Waals surface area contributed by atoms with Crippen molar-refractivity contribution in [2.75, 3.05) is 20.3 Å². The lowest BCUT2D eigenvalue weighted by molar-refractivity contribution is -0.0809. The molecule has 1 aliphatic heterocycles. The molecule has 20 heavy (non-hydrogen) atoms. The molecule has 1 saturated carbocycles. The van der Waals surface area contributed by atoms with Gasteiger partial charge in [-0.2, -0.15) is 0 Å². The van der Waals surface area contributed by atoms with Gasteiger partial charge in [0.05, 0.1) is 12.7 Å². The molecule has 1 aliphatic carbocycles. The van der Waals surface area contributed by atoms with Crippen LogP contribution >= 0.6 is 0 Å². The molecule has 3 rings (SSSR count). The van der Waals surface area contributed by atoms with Crippen LogP contribution < -0.4 is 5.32 Å². The molecule has 1 heterocycles. The molecule has 2 fully saturated rings. The second-order valence-corrected chi connectivity index (χ2v) is 5.78. The largest absolute Gasteiger partial charge is 0.384 e. The zero-order chi connectivity index (χ0) is 14.1. The van der Waals surface area contributed by atoms with Gasteiger partial charge in [0, 0.05) is 37.2 Å². The molecule has 4 atom stereocenters. The minimum atomic E-state index is 0.00477. The fraction of sp³-hybridized carbons (Fsp3) is 0.562. The van der Waals surface area contributed by atoms with Crippen molar-refractivity contribution in [3.8, 4) is 0 Å². The minimum Gasteiger partial charge on any atom is -0.384 e. The number of aryl methyl sites for hydroxylation is 1. The standard InChI is InChI=1S/C16H21NO3/c1-10-4-3-5-11(8-10)16(18)17-14-12-6-7-20-15(12)13(14)9-19-2/h3-5,8,12-15H,6-7,9H2,1-2H3,(H,17,18)/t12-,13-,14-,15-/m0/s1. The average molecular weight is 275 g/mol. The second-order valence-electron chi connectivity index (χ2n) is 5.78. The van der Waals surface area contributed by atoms with Crippen LogP contribution in [0.3, 0.4) is 0 Å². The van der Waals surface area contributed by atoms with Gasteiger partial charge >= 0.3 is 0 Å². The molecule has 1 saturated heterocycles. The fourth-order valence-corrected chi connectivity index (χ4v) is 3.46. The van der Waals surface area contributed by atoms with Crippen molar-refractivity contribution in [3.63, 3.8) is 0 Å². The minimum absolute atomic E-state index is 0.00477. The van der Waals surface area contributed by atoms with Crippen molar-refractivity contribution in [1.29, 1.82) is 0 Å². The Morgan fingerprint density at radius 3 is 3.10 bits per heavy atom. The van der Waals surface area contributed by atoms with Crippen LogP contribution in [0.25, 0.3) is 0 Å². The highest BCUT2D eigenvalue weighted by atomic mass is 16.5. The van der Waals surface area contributed by atoms with E-state index in [-0.39, 0.29) is 24.0 Å². The summed E-state index contributed by atoms with van der Waals surface area (Å²) in [4.78, 5) is 12.3. The normalized spacial score (nSPS) is 31.5. The van der Waals surface area contributed by atoms with Gasteiger partial charge in [0.2, 0.25) is 0 Å². The van der Waals surface area contributed by atoms with Crippen molar-refractivity contribution in [2.24, 2.45) is 11.8 Å². The molecule has 0 bridgehead atoms. The summed E-state index contributed by atoms with van der Waals surface area (Å²) in [5.74, 6) is 0.732. The number of carbonyl (C=O) groups is 1. The quantitative estimate of drug-likeness (QED) is 0.911. The fourth-order valence-electron chi connectivity index (χ4n) is 3.46. The molecule has 0 unspecified atom stereocenters. The van der Waals surface area contributed by atoms with E-state index in [9.17, 15) is 4.79 Å². The zero-order valence-electron chi connectivity index (χ0n) is 12.0. The third-order valence-electron chi connectivity index (χ3n) is 4.47. The van der Waals surface area contributed by atoms with Gasteiger partial charge in [0.1, 0.15) is 0 Å². The maximum absolute atomic E-state index is 12.3. The molecule has 1 N–H and O–H groups in total. The highest BCUT2D eigenvalue weighted by molar-refractivity contribution is 5.94. The number of hydrogen-bond donors (Lipinski definition) is 1. The van der Waals surface area contributed by atoms with E-state index in [0.29, 0.717) is 12.5 Å². The van der Waals surface area contributed by atoms with Crippen LogP contribution in [0.2, 0.25) is 0 Å². The molecule has 1 aromatic rings. The maximum atomic E-state index is 12.3. The number of carbonyl (C=O) groups excluding carboxylic acids is 1. The number of benzene rings is 1. The van der Waals surface area contributed by atoms with Gasteiger partial charge in [-0.1, -0.05) is 17.7 Å². The summed E-state index contributed by atoms with van der Waals surface area (Å²) in [6, 6.07) is 7.86. The summed E-state index contributed by atoms with van der Waals surface area (Å²) >= 11 is 0. The molecule has 0 spiro atoms. The summed E-state index contributed by atoms with van der Waals surface area (Å²) in [6.45, 7) is 3.43. The molecule has 2 aliphatic rings. The Balaban J connectivity index is 1.68. The first-order chi connectivity index (χ1) is 9.70. The predicted molar refractivity (Wildman–Crippen MR) is 75.6 cm³/mol. The lowest BCUT2D eigenvalue weighted by atomic mass is 9.67. The van der Waals surface area contributed by atoms with E-state index < -0.39 is 0 Å². The number of hydrogen-bond acceptors (Lipinski definition) is 3. The SMILES string of the molecule is COC[C@H]1[C@@H](NC(=O)c2cccc(C)c2)[C@@H]2CCO[C@@H]21. The Hall–Kier alpha value is -1.39. The topological polar surface area (TPSA) is 47.6 Å². The Morgan fingerprint density at radius 1 is 1.50 bits per heavy atom. The van der Waals surface area contributed by atoms with E-state index in [1.165, 1.54) is 0 Å². The molecular formula is C16H21NO3. The van der Waals surface area contributed by atoms with Gasteiger partial charge in [-0.3, -0.25) is 4.79 Å². The average Bonchev–Trinajstić information content (AvgIpc) is 2.86. The third kappa shape index (κ3) is 2.34. The highest BCUT2D eigenvalue weighted by Gasteiger charge is 2.54. The summed E-state index contributed by atoms with van der Waals surface area (Å²) in [5, 5.41) is 3.17. The van der Waals surface area contributed by atoms with E-state index in [1.807, 2.05) is 31.2 Å². The van der Waals surface area contributed by atoms with Gasteiger partial charge in [-0.05, 0) is 25.5 Å². The summed E-state index contributed by atoms with van der Waals surface area (Å²) in [6.07, 6.45) is 1.29. The highest BCUT2D eigenvalue weighted by Crippen LogP contribution is 2.43. The molecule has 4 heteroatoms. The van der Waals surface area contributed by atoms with Crippen LogP contribution in [0.4, 0.5) is 0 Å². The second kappa shape index (κ2) is 5.54. The van der Waals surface area contributed by atoms with Crippen molar-refractivity contribution in [2.45, 2.75) is 25.5 Å². The van der Waals surface area contributed by atoms with Crippen LogP contribution in [0.5, 0.6) is 0 Å². The van der Waals surface area contributed by atoms with Crippen LogP contribution in [0.15, 0.2) is 24.3 Å². The third-order valence-corrected chi connectivity index (χ3v) is 4.47. The number of ether oxygens (including phenoxy) is 2. The first-order valence-electron chi connectivity index (χ1n) is 7.19. The van der Waals surface area contributed by atoms with E-state index in [4.69, 9.17) is 9.47 Å². The first-order valence-corrected chi connectivity index (χ1v) is 7.19. The van der Waals surface area contributed by atoms with Crippen LogP contribution in [0.1, 0.15) is 22.3 Å². The molecule has 1 aromatic carbocycles. The number of nitrogens with one attached hydrogen (secondary N) is 1. The molecule has 4 nitrogen and oxygen atoms in total. The van der Waals surface area contributed by atoms with Crippen LogP contribution in [-0.2, 0) is 9.47 Å². The zero-order valence-corrected chi connectivity index (χ0v) is 12.0. The van der Waals surface area contributed by atoms with Crippen LogP contribution in [-0.4, -0.2) is 38.4 Å². The van der Waals surface area contributed by atoms with E-state index in [0.717, 1.165) is 24.2 Å². The van der Waals surface area contributed by atoms with Gasteiger partial charge in [0.15, 0.2) is 0 Å². The van der Waals surface area contributed by atoms with Gasteiger partial charge < -0.3 is 14.8 Å². The van der Waals surface area contributed by atoms with E-state index in [2.05, 4.69) is 5.32 Å². The van der Waals surface area contributed by atoms with Crippen LogP contribution in [0, 0.1) is 18.8 Å². The number of fused-ring (bicyclic) bond motifs is 1. The maximum Gasteiger partial charge on any atom is 0.251 e. The number of rotatable bonds is 4.